The quantitative estimate of drug-likeness (QED) is 0.446. The second-order valence-corrected chi connectivity index (χ2v) is 7.11. The molecule has 0 spiro atoms. The van der Waals surface area contributed by atoms with Crippen LogP contribution in [0.1, 0.15) is 9.67 Å². The average molecular weight is 403 g/mol. The molecule has 0 fully saturated rings. The number of anilines is 3. The molecule has 0 unspecified atom stereocenters. The molecule has 2 aromatic heterocycles. The van der Waals surface area contributed by atoms with E-state index >= 15 is 0 Å². The summed E-state index contributed by atoms with van der Waals surface area (Å²) in [5.74, 6) is -0.258. The third kappa shape index (κ3) is 4.50. The van der Waals surface area contributed by atoms with Crippen molar-refractivity contribution in [3.63, 3.8) is 0 Å². The van der Waals surface area contributed by atoms with Gasteiger partial charge in [0.15, 0.2) is 0 Å². The van der Waals surface area contributed by atoms with Crippen LogP contribution in [0.4, 0.5) is 21.2 Å². The molecule has 4 rings (SSSR count). The zero-order chi connectivity index (χ0) is 20.1. The molecule has 0 saturated heterocycles. The Balaban J connectivity index is 1.42. The van der Waals surface area contributed by atoms with Crippen LogP contribution in [-0.4, -0.2) is 21.7 Å². The van der Waals surface area contributed by atoms with Crippen LogP contribution in [0.15, 0.2) is 85.2 Å². The van der Waals surface area contributed by atoms with Crippen molar-refractivity contribution in [3.8, 4) is 5.69 Å². The number of benzene rings is 2. The number of para-hydroxylation sites is 3. The Hall–Kier alpha value is -3.91. The Morgan fingerprint density at radius 2 is 1.62 bits per heavy atom. The molecule has 3 amide bonds. The van der Waals surface area contributed by atoms with Crippen LogP contribution >= 0.6 is 11.3 Å². The monoisotopic (exact) mass is 403 g/mol. The topological polar surface area (TPSA) is 88.0 Å². The van der Waals surface area contributed by atoms with E-state index in [1.165, 1.54) is 11.3 Å². The molecular weight excluding hydrogens is 386 g/mol. The lowest BCUT2D eigenvalue weighted by molar-refractivity contribution is 0.103. The van der Waals surface area contributed by atoms with E-state index < -0.39 is 0 Å². The third-order valence-electron chi connectivity index (χ3n) is 4.00. The summed E-state index contributed by atoms with van der Waals surface area (Å²) in [6.45, 7) is 0. The van der Waals surface area contributed by atoms with Gasteiger partial charge in [-0.1, -0.05) is 30.3 Å². The highest BCUT2D eigenvalue weighted by Gasteiger charge is 2.13. The Kier molecular flexibility index (Phi) is 5.35. The van der Waals surface area contributed by atoms with Crippen LogP contribution in [0.5, 0.6) is 0 Å². The summed E-state index contributed by atoms with van der Waals surface area (Å²) >= 11 is 1.20. The summed E-state index contributed by atoms with van der Waals surface area (Å²) in [4.78, 5) is 25.3. The van der Waals surface area contributed by atoms with Crippen LogP contribution in [0.3, 0.4) is 0 Å². The second kappa shape index (κ2) is 8.41. The maximum absolute atomic E-state index is 12.7. The second-order valence-electron chi connectivity index (χ2n) is 6.03. The molecule has 0 aliphatic carbocycles. The number of nitrogens with zero attached hydrogens (tertiary/aromatic N) is 2. The molecule has 0 saturated carbocycles. The highest BCUT2D eigenvalue weighted by Crippen LogP contribution is 2.25. The third-order valence-corrected chi connectivity index (χ3v) is 5.00. The molecule has 0 bridgehead atoms. The minimum absolute atomic E-state index is 0.258. The van der Waals surface area contributed by atoms with Gasteiger partial charge in [-0.15, -0.1) is 11.3 Å². The van der Waals surface area contributed by atoms with Gasteiger partial charge in [0.05, 0.1) is 21.3 Å². The number of aromatic nitrogens is 2. The van der Waals surface area contributed by atoms with Crippen molar-refractivity contribution in [2.24, 2.45) is 0 Å². The minimum atomic E-state index is -0.367. The number of carbonyl (C=O) groups is 2. The van der Waals surface area contributed by atoms with Crippen LogP contribution in [-0.2, 0) is 0 Å². The van der Waals surface area contributed by atoms with E-state index in [4.69, 9.17) is 0 Å². The van der Waals surface area contributed by atoms with Crippen molar-refractivity contribution in [2.75, 3.05) is 16.0 Å². The summed E-state index contributed by atoms with van der Waals surface area (Å²) in [5, 5.41) is 13.2. The number of thiophene rings is 1. The first kappa shape index (κ1) is 18.5. The normalized spacial score (nSPS) is 10.3. The fourth-order valence-corrected chi connectivity index (χ4v) is 3.49. The van der Waals surface area contributed by atoms with Crippen molar-refractivity contribution in [1.29, 1.82) is 0 Å². The number of amides is 3. The molecule has 2 aromatic carbocycles. The van der Waals surface area contributed by atoms with Gasteiger partial charge in [-0.2, -0.15) is 5.10 Å². The first-order valence-electron chi connectivity index (χ1n) is 8.82. The van der Waals surface area contributed by atoms with Crippen molar-refractivity contribution in [2.45, 2.75) is 0 Å². The Bertz CT molecular complexity index is 1120. The number of hydrogen-bond donors (Lipinski definition) is 3. The smallest absolute Gasteiger partial charge is 0.319 e. The van der Waals surface area contributed by atoms with Crippen LogP contribution in [0.25, 0.3) is 5.69 Å². The van der Waals surface area contributed by atoms with Gasteiger partial charge >= 0.3 is 6.03 Å². The molecule has 0 atom stereocenters. The lowest BCUT2D eigenvalue weighted by atomic mass is 10.2. The van der Waals surface area contributed by atoms with E-state index in [-0.39, 0.29) is 11.9 Å². The van der Waals surface area contributed by atoms with Gasteiger partial charge in [-0.3, -0.25) is 10.1 Å². The van der Waals surface area contributed by atoms with E-state index in [1.54, 1.807) is 35.1 Å². The van der Waals surface area contributed by atoms with Crippen LogP contribution < -0.4 is 16.0 Å². The lowest BCUT2D eigenvalue weighted by Gasteiger charge is -2.10. The number of carbonyl (C=O) groups excluding carboxylic acids is 2. The van der Waals surface area contributed by atoms with Gasteiger partial charge in [0.1, 0.15) is 0 Å². The van der Waals surface area contributed by atoms with E-state index in [0.717, 1.165) is 5.69 Å². The largest absolute Gasteiger partial charge is 0.324 e. The lowest BCUT2D eigenvalue weighted by Crippen LogP contribution is -2.18. The van der Waals surface area contributed by atoms with Gasteiger partial charge in [0.25, 0.3) is 5.91 Å². The molecule has 2 heterocycles. The molecule has 0 aliphatic heterocycles. The van der Waals surface area contributed by atoms with Gasteiger partial charge < -0.3 is 10.6 Å². The number of nitrogens with one attached hydrogen (secondary N) is 3. The fraction of sp³-hybridized carbons (Fsp3) is 0. The molecule has 29 heavy (non-hydrogen) atoms. The van der Waals surface area contributed by atoms with Crippen molar-refractivity contribution >= 4 is 39.7 Å². The molecule has 7 nitrogen and oxygen atoms in total. The fourth-order valence-electron chi connectivity index (χ4n) is 2.70. The van der Waals surface area contributed by atoms with E-state index in [0.29, 0.717) is 21.3 Å². The van der Waals surface area contributed by atoms with Crippen molar-refractivity contribution in [1.82, 2.24) is 9.78 Å². The van der Waals surface area contributed by atoms with Gasteiger partial charge in [-0.25, -0.2) is 9.48 Å². The van der Waals surface area contributed by atoms with Crippen molar-refractivity contribution in [3.05, 3.63) is 90.1 Å². The Morgan fingerprint density at radius 3 is 2.41 bits per heavy atom. The molecule has 144 valence electrons. The van der Waals surface area contributed by atoms with Gasteiger partial charge in [0, 0.05) is 18.1 Å². The molecule has 8 heteroatoms. The first-order valence-corrected chi connectivity index (χ1v) is 9.64. The molecule has 0 aliphatic rings. The highest BCUT2D eigenvalue weighted by atomic mass is 32.1. The summed E-state index contributed by atoms with van der Waals surface area (Å²) in [5.41, 5.74) is 2.10. The maximum atomic E-state index is 12.7. The molecule has 4 aromatic rings. The first-order chi connectivity index (χ1) is 14.2. The van der Waals surface area contributed by atoms with E-state index in [2.05, 4.69) is 21.0 Å². The summed E-state index contributed by atoms with van der Waals surface area (Å²) in [6, 6.07) is 21.4. The summed E-state index contributed by atoms with van der Waals surface area (Å²) in [7, 11) is 0. The predicted octanol–water partition coefficient (Wildman–Crippen LogP) is 4.83. The Morgan fingerprint density at radius 1 is 0.828 bits per heavy atom. The molecule has 0 radical (unpaired) electrons. The number of urea groups is 1. The predicted molar refractivity (Wildman–Crippen MR) is 115 cm³/mol. The average Bonchev–Trinajstić information content (AvgIpc) is 3.41. The zero-order valence-corrected chi connectivity index (χ0v) is 16.0. The number of rotatable bonds is 5. The van der Waals surface area contributed by atoms with Crippen molar-refractivity contribution < 1.29 is 9.59 Å². The summed E-state index contributed by atoms with van der Waals surface area (Å²) < 4.78 is 1.69. The maximum Gasteiger partial charge on any atom is 0.324 e. The molecule has 3 N–H and O–H groups in total. The van der Waals surface area contributed by atoms with Crippen LogP contribution in [0, 0.1) is 0 Å². The SMILES string of the molecule is O=C(Nc1ccccc1)Nc1ccc(C(=O)Nc2ccccc2-n2cccn2)s1. The highest BCUT2D eigenvalue weighted by molar-refractivity contribution is 7.18. The van der Waals surface area contributed by atoms with Crippen LogP contribution in [0.2, 0.25) is 0 Å². The van der Waals surface area contributed by atoms with E-state index in [9.17, 15) is 9.59 Å². The van der Waals surface area contributed by atoms with Gasteiger partial charge in [0.2, 0.25) is 0 Å². The molecular formula is C21H17N5O2S. The summed E-state index contributed by atoms with van der Waals surface area (Å²) in [6.07, 6.45) is 3.49. The Labute approximate surface area is 171 Å². The standard InChI is InChI=1S/C21H17N5O2S/c27-20(24-16-9-4-5-10-17(16)26-14-6-13-22-26)18-11-12-19(29-18)25-21(28)23-15-7-2-1-3-8-15/h1-14H,(H,24,27)(H2,23,25,28). The zero-order valence-electron chi connectivity index (χ0n) is 15.2. The van der Waals surface area contributed by atoms with Gasteiger partial charge in [-0.05, 0) is 42.5 Å². The minimum Gasteiger partial charge on any atom is -0.319 e. The number of hydrogen-bond acceptors (Lipinski definition) is 4. The van der Waals surface area contributed by atoms with E-state index in [1.807, 2.05) is 54.7 Å².